The molecular formula is C10H12BrClO2. The van der Waals surface area contributed by atoms with Gasteiger partial charge in [0.15, 0.2) is 0 Å². The van der Waals surface area contributed by atoms with Crippen LogP contribution in [0.2, 0.25) is 5.02 Å². The maximum absolute atomic E-state index is 9.70. The Morgan fingerprint density at radius 2 is 2.00 bits per heavy atom. The first-order chi connectivity index (χ1) is 6.54. The van der Waals surface area contributed by atoms with Gasteiger partial charge in [-0.2, -0.15) is 0 Å². The van der Waals surface area contributed by atoms with Gasteiger partial charge in [0.1, 0.15) is 6.10 Å². The van der Waals surface area contributed by atoms with Crippen LogP contribution >= 0.6 is 27.5 Å². The number of aliphatic hydroxyl groups excluding tert-OH is 2. The van der Waals surface area contributed by atoms with Crippen molar-refractivity contribution in [2.45, 2.75) is 19.1 Å². The Morgan fingerprint density at radius 1 is 1.36 bits per heavy atom. The second-order valence-corrected chi connectivity index (χ2v) is 4.31. The van der Waals surface area contributed by atoms with Gasteiger partial charge in [-0.05, 0) is 30.2 Å². The first-order valence-electron chi connectivity index (χ1n) is 4.23. The molecule has 0 aromatic heterocycles. The highest BCUT2D eigenvalue weighted by atomic mass is 79.9. The van der Waals surface area contributed by atoms with Crippen molar-refractivity contribution in [3.8, 4) is 0 Å². The first-order valence-corrected chi connectivity index (χ1v) is 5.73. The van der Waals surface area contributed by atoms with E-state index in [0.717, 1.165) is 5.56 Å². The zero-order valence-corrected chi connectivity index (χ0v) is 10.1. The maximum Gasteiger partial charge on any atom is 0.106 e. The molecule has 0 aliphatic carbocycles. The van der Waals surface area contributed by atoms with E-state index in [9.17, 15) is 10.2 Å². The quantitative estimate of drug-likeness (QED) is 0.834. The van der Waals surface area contributed by atoms with Gasteiger partial charge in [0, 0.05) is 10.4 Å². The average molecular weight is 280 g/mol. The highest BCUT2D eigenvalue weighted by Crippen LogP contribution is 2.23. The molecule has 0 radical (unpaired) electrons. The molecule has 0 saturated heterocycles. The van der Waals surface area contributed by atoms with Gasteiger partial charge < -0.3 is 10.2 Å². The van der Waals surface area contributed by atoms with E-state index in [2.05, 4.69) is 15.9 Å². The molecule has 0 fully saturated rings. The van der Waals surface area contributed by atoms with E-state index in [0.29, 0.717) is 15.9 Å². The summed E-state index contributed by atoms with van der Waals surface area (Å²) in [7, 11) is 0. The molecule has 1 aromatic rings. The highest BCUT2D eigenvalue weighted by molar-refractivity contribution is 9.09. The van der Waals surface area contributed by atoms with E-state index in [1.54, 1.807) is 12.1 Å². The van der Waals surface area contributed by atoms with Crippen molar-refractivity contribution in [3.63, 3.8) is 0 Å². The molecule has 0 heterocycles. The van der Waals surface area contributed by atoms with Crippen molar-refractivity contribution >= 4 is 27.5 Å². The summed E-state index contributed by atoms with van der Waals surface area (Å²) >= 11 is 8.94. The highest BCUT2D eigenvalue weighted by Gasteiger charge is 2.17. The summed E-state index contributed by atoms with van der Waals surface area (Å²) in [6.07, 6.45) is -1.71. The predicted molar refractivity (Wildman–Crippen MR) is 60.9 cm³/mol. The summed E-state index contributed by atoms with van der Waals surface area (Å²) in [5.41, 5.74) is 1.61. The molecule has 2 atom stereocenters. The lowest BCUT2D eigenvalue weighted by Gasteiger charge is -2.16. The molecule has 1 rings (SSSR count). The third-order valence-electron chi connectivity index (χ3n) is 1.93. The number of halogens is 2. The molecule has 78 valence electrons. The molecule has 0 aliphatic rings. The number of aryl methyl sites for hydroxylation is 1. The van der Waals surface area contributed by atoms with Gasteiger partial charge in [0.2, 0.25) is 0 Å². The lowest BCUT2D eigenvalue weighted by molar-refractivity contribution is 0.0342. The van der Waals surface area contributed by atoms with Gasteiger partial charge in [0.05, 0.1) is 6.10 Å². The summed E-state index contributed by atoms with van der Waals surface area (Å²) < 4.78 is 0. The van der Waals surface area contributed by atoms with E-state index in [-0.39, 0.29) is 0 Å². The zero-order chi connectivity index (χ0) is 10.7. The van der Waals surface area contributed by atoms with Gasteiger partial charge in [0.25, 0.3) is 0 Å². The normalized spacial score (nSPS) is 15.2. The number of aliphatic hydroxyl groups is 2. The minimum Gasteiger partial charge on any atom is -0.389 e. The fourth-order valence-electron chi connectivity index (χ4n) is 1.24. The fourth-order valence-corrected chi connectivity index (χ4v) is 1.89. The van der Waals surface area contributed by atoms with Crippen molar-refractivity contribution < 1.29 is 10.2 Å². The minimum atomic E-state index is -0.897. The van der Waals surface area contributed by atoms with Gasteiger partial charge in [-0.3, -0.25) is 0 Å². The van der Waals surface area contributed by atoms with E-state index in [1.807, 2.05) is 13.0 Å². The van der Waals surface area contributed by atoms with Crippen LogP contribution in [0.15, 0.2) is 18.2 Å². The summed E-state index contributed by atoms with van der Waals surface area (Å²) in [5.74, 6) is 0. The molecular weight excluding hydrogens is 267 g/mol. The Labute approximate surface area is 96.7 Å². The summed E-state index contributed by atoms with van der Waals surface area (Å²) in [6.45, 7) is 1.89. The largest absolute Gasteiger partial charge is 0.389 e. The maximum atomic E-state index is 9.70. The van der Waals surface area contributed by atoms with Gasteiger partial charge >= 0.3 is 0 Å². The number of benzene rings is 1. The topological polar surface area (TPSA) is 40.5 Å². The number of rotatable bonds is 3. The van der Waals surface area contributed by atoms with E-state index in [1.165, 1.54) is 0 Å². The van der Waals surface area contributed by atoms with E-state index < -0.39 is 12.2 Å². The summed E-state index contributed by atoms with van der Waals surface area (Å²) in [4.78, 5) is 0. The Balaban J connectivity index is 2.94. The van der Waals surface area contributed by atoms with Crippen molar-refractivity contribution in [3.05, 3.63) is 34.3 Å². The molecule has 2 N–H and O–H groups in total. The minimum absolute atomic E-state index is 0.333. The van der Waals surface area contributed by atoms with Crippen molar-refractivity contribution in [2.24, 2.45) is 0 Å². The van der Waals surface area contributed by atoms with E-state index >= 15 is 0 Å². The Bertz CT molecular complexity index is 297. The number of alkyl halides is 1. The van der Waals surface area contributed by atoms with Crippen LogP contribution in [0.1, 0.15) is 17.2 Å². The van der Waals surface area contributed by atoms with E-state index in [4.69, 9.17) is 11.6 Å². The molecule has 14 heavy (non-hydrogen) atoms. The molecule has 0 saturated carbocycles. The molecule has 2 nitrogen and oxygen atoms in total. The molecule has 4 heteroatoms. The van der Waals surface area contributed by atoms with Crippen LogP contribution in [0, 0.1) is 6.92 Å². The molecule has 0 bridgehead atoms. The molecule has 0 spiro atoms. The van der Waals surface area contributed by atoms with Crippen molar-refractivity contribution in [1.29, 1.82) is 0 Å². The first kappa shape index (κ1) is 12.0. The average Bonchev–Trinajstić information content (AvgIpc) is 2.14. The summed E-state index contributed by atoms with van der Waals surface area (Å²) in [6, 6.07) is 5.27. The molecule has 0 aliphatic heterocycles. The molecule has 0 amide bonds. The zero-order valence-electron chi connectivity index (χ0n) is 7.74. The van der Waals surface area contributed by atoms with Crippen molar-refractivity contribution in [2.75, 3.05) is 5.33 Å². The van der Waals surface area contributed by atoms with Gasteiger partial charge in [-0.1, -0.05) is 33.6 Å². The van der Waals surface area contributed by atoms with Crippen LogP contribution < -0.4 is 0 Å². The van der Waals surface area contributed by atoms with Crippen LogP contribution in [0.4, 0.5) is 0 Å². The van der Waals surface area contributed by atoms with Crippen LogP contribution in [0.5, 0.6) is 0 Å². The second-order valence-electron chi connectivity index (χ2n) is 3.23. The van der Waals surface area contributed by atoms with Crippen LogP contribution in [-0.2, 0) is 0 Å². The van der Waals surface area contributed by atoms with Gasteiger partial charge in [-0.25, -0.2) is 0 Å². The lowest BCUT2D eigenvalue weighted by Crippen LogP contribution is -2.19. The monoisotopic (exact) mass is 278 g/mol. The SMILES string of the molecule is Cc1cc(Cl)cc(C(O)C(O)CBr)c1. The Morgan fingerprint density at radius 3 is 2.50 bits per heavy atom. The summed E-state index contributed by atoms with van der Waals surface area (Å²) in [5, 5.41) is 20.0. The third-order valence-corrected chi connectivity index (χ3v) is 2.81. The lowest BCUT2D eigenvalue weighted by atomic mass is 10.0. The van der Waals surface area contributed by atoms with Crippen LogP contribution in [0.3, 0.4) is 0 Å². The molecule has 1 aromatic carbocycles. The number of hydrogen-bond donors (Lipinski definition) is 2. The van der Waals surface area contributed by atoms with Gasteiger partial charge in [-0.15, -0.1) is 0 Å². The Kier molecular flexibility index (Phi) is 4.38. The third kappa shape index (κ3) is 2.95. The standard InChI is InChI=1S/C10H12BrClO2/c1-6-2-7(4-8(12)3-6)10(14)9(13)5-11/h2-4,9-10,13-14H,5H2,1H3. The predicted octanol–water partition coefficient (Wildman–Crippen LogP) is 2.44. The van der Waals surface area contributed by atoms with Crippen LogP contribution in [0.25, 0.3) is 0 Å². The van der Waals surface area contributed by atoms with Crippen molar-refractivity contribution in [1.82, 2.24) is 0 Å². The van der Waals surface area contributed by atoms with Crippen LogP contribution in [-0.4, -0.2) is 21.6 Å². The Hall–Kier alpha value is -0.0900. The fraction of sp³-hybridized carbons (Fsp3) is 0.400. The molecule has 2 unspecified atom stereocenters. The number of hydrogen-bond acceptors (Lipinski definition) is 2. The second kappa shape index (κ2) is 5.12. The smallest absolute Gasteiger partial charge is 0.106 e.